The molecule has 1 saturated carbocycles. The van der Waals surface area contributed by atoms with Crippen LogP contribution >= 0.6 is 11.3 Å². The van der Waals surface area contributed by atoms with Gasteiger partial charge in [-0.1, -0.05) is 13.0 Å². The van der Waals surface area contributed by atoms with Crippen LogP contribution in [0.4, 0.5) is 0 Å². The van der Waals surface area contributed by atoms with Crippen LogP contribution in [0.15, 0.2) is 46.7 Å². The number of hydrogen-bond acceptors (Lipinski definition) is 4. The Morgan fingerprint density at radius 3 is 2.42 bits per heavy atom. The summed E-state index contributed by atoms with van der Waals surface area (Å²) < 4.78 is 27.3. The molecule has 7 heteroatoms. The molecule has 1 aromatic carbocycles. The molecule has 0 aliphatic heterocycles. The number of amides is 1. The van der Waals surface area contributed by atoms with E-state index >= 15 is 0 Å². The first-order chi connectivity index (χ1) is 12.4. The molecule has 1 aliphatic rings. The maximum Gasteiger partial charge on any atom is 0.251 e. The minimum Gasteiger partial charge on any atom is -0.349 e. The Hall–Kier alpha value is -1.70. The van der Waals surface area contributed by atoms with E-state index in [1.807, 2.05) is 17.5 Å². The molecular formula is C19H24N2O3S2. The monoisotopic (exact) mass is 392 g/mol. The number of hydrogen-bond donors (Lipinski definition) is 2. The van der Waals surface area contributed by atoms with Gasteiger partial charge in [-0.3, -0.25) is 4.79 Å². The molecule has 0 saturated heterocycles. The number of thiophene rings is 1. The zero-order valence-electron chi connectivity index (χ0n) is 14.8. The van der Waals surface area contributed by atoms with E-state index in [0.717, 1.165) is 36.5 Å². The summed E-state index contributed by atoms with van der Waals surface area (Å²) in [5, 5.41) is 4.96. The van der Waals surface area contributed by atoms with E-state index in [2.05, 4.69) is 17.0 Å². The maximum absolute atomic E-state index is 12.4. The lowest BCUT2D eigenvalue weighted by Crippen LogP contribution is -2.37. The van der Waals surface area contributed by atoms with E-state index in [4.69, 9.17) is 0 Å². The van der Waals surface area contributed by atoms with Crippen LogP contribution in [0, 0.1) is 5.92 Å². The second kappa shape index (κ2) is 8.33. The van der Waals surface area contributed by atoms with Gasteiger partial charge in [0.15, 0.2) is 0 Å². The van der Waals surface area contributed by atoms with Crippen molar-refractivity contribution in [1.82, 2.24) is 10.0 Å². The minimum absolute atomic E-state index is 0.139. The second-order valence-electron chi connectivity index (χ2n) is 6.86. The Morgan fingerprint density at radius 2 is 1.81 bits per heavy atom. The van der Waals surface area contributed by atoms with Crippen LogP contribution in [0.25, 0.3) is 0 Å². The van der Waals surface area contributed by atoms with Crippen LogP contribution in [0.2, 0.25) is 0 Å². The second-order valence-corrected chi connectivity index (χ2v) is 9.66. The summed E-state index contributed by atoms with van der Waals surface area (Å²) in [4.78, 5) is 13.5. The maximum atomic E-state index is 12.4. The van der Waals surface area contributed by atoms with E-state index in [1.54, 1.807) is 12.1 Å². The molecule has 0 spiro atoms. The van der Waals surface area contributed by atoms with Gasteiger partial charge in [0.05, 0.1) is 4.90 Å². The Kier molecular flexibility index (Phi) is 6.11. The summed E-state index contributed by atoms with van der Waals surface area (Å²) in [5.41, 5.74) is 0.487. The smallest absolute Gasteiger partial charge is 0.251 e. The summed E-state index contributed by atoms with van der Waals surface area (Å²) in [6.07, 6.45) is 4.29. The zero-order valence-corrected chi connectivity index (χ0v) is 16.4. The van der Waals surface area contributed by atoms with Crippen molar-refractivity contribution in [3.05, 3.63) is 52.2 Å². The molecule has 140 valence electrons. The minimum atomic E-state index is -3.59. The van der Waals surface area contributed by atoms with Gasteiger partial charge in [-0.25, -0.2) is 13.1 Å². The average molecular weight is 393 g/mol. The lowest BCUT2D eigenvalue weighted by molar-refractivity contribution is 0.0923. The zero-order chi connectivity index (χ0) is 18.6. The molecule has 0 unspecified atom stereocenters. The fourth-order valence-corrected chi connectivity index (χ4v) is 4.86. The number of carbonyl (C=O) groups excluding carboxylic acids is 1. The van der Waals surface area contributed by atoms with Crippen molar-refractivity contribution in [1.29, 1.82) is 0 Å². The molecule has 0 atom stereocenters. The highest BCUT2D eigenvalue weighted by molar-refractivity contribution is 7.89. The van der Waals surface area contributed by atoms with Gasteiger partial charge in [-0.2, -0.15) is 0 Å². The molecule has 1 aromatic heterocycles. The van der Waals surface area contributed by atoms with Crippen molar-refractivity contribution in [2.45, 2.75) is 50.1 Å². The molecule has 1 fully saturated rings. The highest BCUT2D eigenvalue weighted by Gasteiger charge is 2.21. The standard InChI is InChI=1S/C19H24N2O3S2/c1-14-4-8-16(9-5-14)21-19(22)15-6-10-18(11-7-15)26(23,24)20-13-17-3-2-12-25-17/h2-3,6-7,10-12,14,16,20H,4-5,8-9,13H2,1H3,(H,21,22). The molecule has 26 heavy (non-hydrogen) atoms. The van der Waals surface area contributed by atoms with Crippen LogP contribution in [0.1, 0.15) is 47.8 Å². The van der Waals surface area contributed by atoms with E-state index in [-0.39, 0.29) is 23.4 Å². The van der Waals surface area contributed by atoms with E-state index < -0.39 is 10.0 Å². The third-order valence-electron chi connectivity index (χ3n) is 4.79. The molecule has 1 aliphatic carbocycles. The molecule has 0 bridgehead atoms. The van der Waals surface area contributed by atoms with Crippen LogP contribution in [0.5, 0.6) is 0 Å². The lowest BCUT2D eigenvalue weighted by atomic mass is 9.87. The van der Waals surface area contributed by atoms with Gasteiger partial charge in [-0.15, -0.1) is 11.3 Å². The van der Waals surface area contributed by atoms with E-state index in [0.29, 0.717) is 5.56 Å². The highest BCUT2D eigenvalue weighted by Crippen LogP contribution is 2.23. The first-order valence-corrected chi connectivity index (χ1v) is 11.2. The molecule has 5 nitrogen and oxygen atoms in total. The number of benzene rings is 1. The van der Waals surface area contributed by atoms with Crippen molar-refractivity contribution < 1.29 is 13.2 Å². The molecule has 1 heterocycles. The molecule has 1 amide bonds. The Balaban J connectivity index is 1.59. The number of nitrogens with one attached hydrogen (secondary N) is 2. The Morgan fingerprint density at radius 1 is 1.12 bits per heavy atom. The summed E-state index contributed by atoms with van der Waals surface area (Å²) >= 11 is 1.50. The predicted molar refractivity (Wildman–Crippen MR) is 104 cm³/mol. The van der Waals surface area contributed by atoms with Crippen molar-refractivity contribution in [2.75, 3.05) is 0 Å². The van der Waals surface area contributed by atoms with Gasteiger partial charge in [0.2, 0.25) is 10.0 Å². The molecular weight excluding hydrogens is 368 g/mol. The number of carbonyl (C=O) groups is 1. The normalized spacial score (nSPS) is 20.7. The van der Waals surface area contributed by atoms with Crippen molar-refractivity contribution in [3.63, 3.8) is 0 Å². The Labute approximate surface area is 158 Å². The quantitative estimate of drug-likeness (QED) is 0.790. The molecule has 0 radical (unpaired) electrons. The first-order valence-electron chi connectivity index (χ1n) is 8.87. The summed E-state index contributed by atoms with van der Waals surface area (Å²) in [7, 11) is -3.59. The lowest BCUT2D eigenvalue weighted by Gasteiger charge is -2.26. The van der Waals surface area contributed by atoms with Crippen molar-refractivity contribution in [3.8, 4) is 0 Å². The topological polar surface area (TPSA) is 75.3 Å². The summed E-state index contributed by atoms with van der Waals surface area (Å²) in [6.45, 7) is 2.51. The van der Waals surface area contributed by atoms with Crippen LogP contribution in [0.3, 0.4) is 0 Å². The van der Waals surface area contributed by atoms with Crippen LogP contribution in [-0.2, 0) is 16.6 Å². The van der Waals surface area contributed by atoms with Gasteiger partial charge >= 0.3 is 0 Å². The number of rotatable bonds is 6. The largest absolute Gasteiger partial charge is 0.349 e. The Bertz CT molecular complexity index is 822. The van der Waals surface area contributed by atoms with Gasteiger partial charge in [0.1, 0.15) is 0 Å². The number of sulfonamides is 1. The molecule has 3 rings (SSSR count). The third-order valence-corrected chi connectivity index (χ3v) is 7.09. The van der Waals surface area contributed by atoms with Gasteiger partial charge in [0, 0.05) is 23.0 Å². The predicted octanol–water partition coefficient (Wildman–Crippen LogP) is 3.54. The fourth-order valence-electron chi connectivity index (χ4n) is 3.12. The average Bonchev–Trinajstić information content (AvgIpc) is 3.16. The molecule has 2 aromatic rings. The van der Waals surface area contributed by atoms with Crippen LogP contribution < -0.4 is 10.0 Å². The highest BCUT2D eigenvalue weighted by atomic mass is 32.2. The van der Waals surface area contributed by atoms with Crippen molar-refractivity contribution in [2.24, 2.45) is 5.92 Å². The molecule has 2 N–H and O–H groups in total. The van der Waals surface area contributed by atoms with Gasteiger partial charge < -0.3 is 5.32 Å². The third kappa shape index (κ3) is 4.93. The van der Waals surface area contributed by atoms with Gasteiger partial charge in [-0.05, 0) is 67.3 Å². The van der Waals surface area contributed by atoms with E-state index in [9.17, 15) is 13.2 Å². The van der Waals surface area contributed by atoms with Crippen LogP contribution in [-0.4, -0.2) is 20.4 Å². The van der Waals surface area contributed by atoms with Gasteiger partial charge in [0.25, 0.3) is 5.91 Å². The summed E-state index contributed by atoms with van der Waals surface area (Å²) in [6, 6.07) is 10.1. The van der Waals surface area contributed by atoms with Crippen molar-refractivity contribution >= 4 is 27.3 Å². The van der Waals surface area contributed by atoms with E-state index in [1.165, 1.54) is 23.5 Å². The summed E-state index contributed by atoms with van der Waals surface area (Å²) in [5.74, 6) is 0.592. The SMILES string of the molecule is CC1CCC(NC(=O)c2ccc(S(=O)(=O)NCc3cccs3)cc2)CC1. The first kappa shape index (κ1) is 19.1. The fraction of sp³-hybridized carbons (Fsp3) is 0.421.